The SMILES string of the molecule is C[C@@H](C(=O)Nc1cc(Cl)cc(Cl)c1)[NH+]1CCN(c2ncccn2)CC1. The number of amides is 1. The molecule has 3 rings (SSSR count). The van der Waals surface area contributed by atoms with Crippen LogP contribution in [0.2, 0.25) is 10.0 Å². The first-order valence-corrected chi connectivity index (χ1v) is 8.92. The van der Waals surface area contributed by atoms with Gasteiger partial charge in [-0.2, -0.15) is 0 Å². The zero-order valence-electron chi connectivity index (χ0n) is 13.9. The minimum atomic E-state index is -0.170. The van der Waals surface area contributed by atoms with E-state index in [-0.39, 0.29) is 11.9 Å². The first-order chi connectivity index (χ1) is 12.0. The summed E-state index contributed by atoms with van der Waals surface area (Å²) in [7, 11) is 0. The molecule has 1 aliphatic rings. The number of quaternary nitrogens is 1. The first-order valence-electron chi connectivity index (χ1n) is 8.16. The third kappa shape index (κ3) is 4.60. The average molecular weight is 381 g/mol. The van der Waals surface area contributed by atoms with Crippen molar-refractivity contribution < 1.29 is 9.69 Å². The molecule has 1 fully saturated rings. The van der Waals surface area contributed by atoms with Gasteiger partial charge in [-0.3, -0.25) is 4.79 Å². The molecule has 1 saturated heterocycles. The van der Waals surface area contributed by atoms with Crippen molar-refractivity contribution in [3.63, 3.8) is 0 Å². The molecule has 0 saturated carbocycles. The monoisotopic (exact) mass is 380 g/mol. The Kier molecular flexibility index (Phi) is 5.73. The molecular weight excluding hydrogens is 361 g/mol. The highest BCUT2D eigenvalue weighted by atomic mass is 35.5. The van der Waals surface area contributed by atoms with Crippen LogP contribution in [0.1, 0.15) is 6.92 Å². The minimum absolute atomic E-state index is 0.0438. The van der Waals surface area contributed by atoms with Crippen LogP contribution in [-0.2, 0) is 4.79 Å². The lowest BCUT2D eigenvalue weighted by Gasteiger charge is -2.34. The number of anilines is 2. The number of carbonyl (C=O) groups is 1. The molecule has 6 nitrogen and oxygen atoms in total. The topological polar surface area (TPSA) is 62.6 Å². The number of halogens is 2. The van der Waals surface area contributed by atoms with Gasteiger partial charge < -0.3 is 15.1 Å². The molecule has 0 bridgehead atoms. The molecule has 0 spiro atoms. The van der Waals surface area contributed by atoms with E-state index in [4.69, 9.17) is 23.2 Å². The smallest absolute Gasteiger partial charge is 0.282 e. The van der Waals surface area contributed by atoms with Crippen LogP contribution >= 0.6 is 23.2 Å². The van der Waals surface area contributed by atoms with Crippen LogP contribution in [0.4, 0.5) is 11.6 Å². The van der Waals surface area contributed by atoms with E-state index in [1.165, 1.54) is 4.90 Å². The molecule has 8 heteroatoms. The lowest BCUT2D eigenvalue weighted by molar-refractivity contribution is -0.914. The summed E-state index contributed by atoms with van der Waals surface area (Å²) in [6.07, 6.45) is 3.49. The molecule has 132 valence electrons. The summed E-state index contributed by atoms with van der Waals surface area (Å²) in [6.45, 7) is 5.28. The number of hydrogen-bond acceptors (Lipinski definition) is 4. The minimum Gasteiger partial charge on any atom is -0.330 e. The fourth-order valence-electron chi connectivity index (χ4n) is 2.94. The second-order valence-electron chi connectivity index (χ2n) is 6.06. The van der Waals surface area contributed by atoms with Gasteiger partial charge in [-0.1, -0.05) is 23.2 Å². The standard InChI is InChI=1S/C17H19Cl2N5O/c1-12(16(25)22-15-10-13(18)9-14(19)11-15)23-5-7-24(8-6-23)17-20-3-2-4-21-17/h2-4,9-12H,5-8H2,1H3,(H,22,25)/p+1/t12-/m0/s1. The van der Waals surface area contributed by atoms with Crippen LogP contribution in [0.15, 0.2) is 36.7 Å². The van der Waals surface area contributed by atoms with E-state index in [0.717, 1.165) is 32.1 Å². The number of aromatic nitrogens is 2. The van der Waals surface area contributed by atoms with Crippen LogP contribution in [0.5, 0.6) is 0 Å². The van der Waals surface area contributed by atoms with Crippen molar-refractivity contribution in [2.45, 2.75) is 13.0 Å². The molecule has 1 amide bonds. The van der Waals surface area contributed by atoms with Gasteiger partial charge in [-0.25, -0.2) is 9.97 Å². The van der Waals surface area contributed by atoms with E-state index < -0.39 is 0 Å². The lowest BCUT2D eigenvalue weighted by atomic mass is 10.2. The summed E-state index contributed by atoms with van der Waals surface area (Å²) in [5.41, 5.74) is 0.616. The zero-order valence-corrected chi connectivity index (χ0v) is 15.4. The number of piperazine rings is 1. The normalized spacial score (nSPS) is 16.5. The Balaban J connectivity index is 1.56. The van der Waals surface area contributed by atoms with E-state index in [2.05, 4.69) is 20.2 Å². The fourth-order valence-corrected chi connectivity index (χ4v) is 3.47. The number of rotatable bonds is 4. The molecule has 1 atom stereocenters. The predicted octanol–water partition coefficient (Wildman–Crippen LogP) is 1.52. The van der Waals surface area contributed by atoms with Gasteiger partial charge in [0.05, 0.1) is 26.2 Å². The van der Waals surface area contributed by atoms with E-state index in [1.807, 2.05) is 6.92 Å². The summed E-state index contributed by atoms with van der Waals surface area (Å²) in [4.78, 5) is 24.5. The second-order valence-corrected chi connectivity index (χ2v) is 6.94. The molecule has 2 N–H and O–H groups in total. The summed E-state index contributed by atoms with van der Waals surface area (Å²) in [6, 6.07) is 6.66. The maximum atomic E-state index is 12.5. The maximum Gasteiger partial charge on any atom is 0.282 e. The Labute approximate surface area is 156 Å². The molecule has 2 heterocycles. The number of nitrogens with zero attached hydrogens (tertiary/aromatic N) is 3. The Morgan fingerprint density at radius 2 is 1.76 bits per heavy atom. The Morgan fingerprint density at radius 3 is 2.36 bits per heavy atom. The molecule has 25 heavy (non-hydrogen) atoms. The molecule has 1 aliphatic heterocycles. The van der Waals surface area contributed by atoms with Crippen LogP contribution in [-0.4, -0.2) is 48.1 Å². The van der Waals surface area contributed by atoms with Crippen molar-refractivity contribution in [1.82, 2.24) is 9.97 Å². The van der Waals surface area contributed by atoms with Gasteiger partial charge in [-0.15, -0.1) is 0 Å². The molecule has 0 radical (unpaired) electrons. The molecule has 1 aromatic heterocycles. The summed E-state index contributed by atoms with van der Waals surface area (Å²) in [5.74, 6) is 0.699. The van der Waals surface area contributed by atoms with Gasteiger partial charge in [0.1, 0.15) is 0 Å². The van der Waals surface area contributed by atoms with Gasteiger partial charge in [0.15, 0.2) is 6.04 Å². The van der Waals surface area contributed by atoms with Crippen LogP contribution < -0.4 is 15.1 Å². The highest BCUT2D eigenvalue weighted by molar-refractivity contribution is 6.35. The van der Waals surface area contributed by atoms with Crippen molar-refractivity contribution in [3.8, 4) is 0 Å². The predicted molar refractivity (Wildman–Crippen MR) is 99.5 cm³/mol. The third-order valence-corrected chi connectivity index (χ3v) is 4.81. The zero-order chi connectivity index (χ0) is 17.8. The average Bonchev–Trinajstić information content (AvgIpc) is 2.61. The Morgan fingerprint density at radius 1 is 1.16 bits per heavy atom. The molecule has 1 aromatic carbocycles. The molecule has 2 aromatic rings. The summed E-state index contributed by atoms with van der Waals surface area (Å²) < 4.78 is 0. The van der Waals surface area contributed by atoms with E-state index >= 15 is 0 Å². The van der Waals surface area contributed by atoms with Crippen molar-refractivity contribution in [2.24, 2.45) is 0 Å². The number of carbonyl (C=O) groups excluding carboxylic acids is 1. The van der Waals surface area contributed by atoms with Crippen LogP contribution in [0.3, 0.4) is 0 Å². The Bertz CT molecular complexity index is 715. The molecule has 0 unspecified atom stereocenters. The maximum absolute atomic E-state index is 12.5. The third-order valence-electron chi connectivity index (χ3n) is 4.38. The van der Waals surface area contributed by atoms with Crippen molar-refractivity contribution in [1.29, 1.82) is 0 Å². The van der Waals surface area contributed by atoms with E-state index in [1.54, 1.807) is 36.7 Å². The van der Waals surface area contributed by atoms with Crippen molar-refractivity contribution in [2.75, 3.05) is 36.4 Å². The second kappa shape index (κ2) is 7.99. The van der Waals surface area contributed by atoms with Gasteiger partial charge in [0.2, 0.25) is 5.95 Å². The van der Waals surface area contributed by atoms with E-state index in [0.29, 0.717) is 15.7 Å². The number of benzene rings is 1. The summed E-state index contributed by atoms with van der Waals surface area (Å²) >= 11 is 12.0. The highest BCUT2D eigenvalue weighted by Crippen LogP contribution is 2.22. The molecule has 0 aliphatic carbocycles. The van der Waals surface area contributed by atoms with Gasteiger partial charge >= 0.3 is 0 Å². The van der Waals surface area contributed by atoms with Crippen molar-refractivity contribution in [3.05, 3.63) is 46.7 Å². The largest absolute Gasteiger partial charge is 0.330 e. The van der Waals surface area contributed by atoms with Crippen molar-refractivity contribution >= 4 is 40.7 Å². The van der Waals surface area contributed by atoms with Crippen LogP contribution in [0.25, 0.3) is 0 Å². The first kappa shape index (κ1) is 17.9. The number of hydrogen-bond donors (Lipinski definition) is 2. The fraction of sp³-hybridized carbons (Fsp3) is 0.353. The van der Waals surface area contributed by atoms with Gasteiger partial charge in [0, 0.05) is 28.1 Å². The van der Waals surface area contributed by atoms with E-state index in [9.17, 15) is 4.79 Å². The number of nitrogens with one attached hydrogen (secondary N) is 2. The van der Waals surface area contributed by atoms with Gasteiger partial charge in [0.25, 0.3) is 5.91 Å². The highest BCUT2D eigenvalue weighted by Gasteiger charge is 2.30. The summed E-state index contributed by atoms with van der Waals surface area (Å²) in [5, 5.41) is 3.90. The quantitative estimate of drug-likeness (QED) is 0.843. The molecular formula is C17H20Cl2N5O+. The van der Waals surface area contributed by atoms with Crippen LogP contribution in [0, 0.1) is 0 Å². The van der Waals surface area contributed by atoms with Gasteiger partial charge in [-0.05, 0) is 31.2 Å². The Hall–Kier alpha value is -1.89. The lowest BCUT2D eigenvalue weighted by Crippen LogP contribution is -3.19.